The third-order valence-electron chi connectivity index (χ3n) is 1.71. The van der Waals surface area contributed by atoms with E-state index in [0.29, 0.717) is 23.2 Å². The van der Waals surface area contributed by atoms with Crippen molar-refractivity contribution >= 4 is 28.9 Å². The number of hydrogen-bond acceptors (Lipinski definition) is 3. The quantitative estimate of drug-likeness (QED) is 0.815. The number of ether oxygens (including phenoxy) is 1. The molecule has 0 aliphatic rings. The normalized spacial score (nSPS) is 10.2. The van der Waals surface area contributed by atoms with Crippen LogP contribution in [0.5, 0.6) is 5.88 Å². The number of rotatable bonds is 4. The first-order chi connectivity index (χ1) is 6.66. The van der Waals surface area contributed by atoms with Crippen molar-refractivity contribution in [3.05, 3.63) is 16.2 Å². The van der Waals surface area contributed by atoms with E-state index in [2.05, 4.69) is 11.9 Å². The van der Waals surface area contributed by atoms with Gasteiger partial charge in [-0.1, -0.05) is 36.5 Å². The molecule has 0 saturated heterocycles. The molecular formula is C9H12Cl2N2O. The Morgan fingerprint density at radius 2 is 2.21 bits per heavy atom. The van der Waals surface area contributed by atoms with Crippen molar-refractivity contribution in [3.8, 4) is 5.88 Å². The van der Waals surface area contributed by atoms with Gasteiger partial charge in [-0.25, -0.2) is 4.98 Å². The van der Waals surface area contributed by atoms with Crippen LogP contribution >= 0.6 is 23.2 Å². The Morgan fingerprint density at radius 3 is 2.86 bits per heavy atom. The monoisotopic (exact) mass is 234 g/mol. The van der Waals surface area contributed by atoms with Crippen molar-refractivity contribution in [2.45, 2.75) is 19.8 Å². The molecule has 0 radical (unpaired) electrons. The molecule has 0 unspecified atom stereocenters. The summed E-state index contributed by atoms with van der Waals surface area (Å²) in [4.78, 5) is 3.94. The summed E-state index contributed by atoms with van der Waals surface area (Å²) in [6, 6.07) is 0. The van der Waals surface area contributed by atoms with Crippen LogP contribution in [0, 0.1) is 0 Å². The van der Waals surface area contributed by atoms with E-state index in [1.54, 1.807) is 0 Å². The lowest BCUT2D eigenvalue weighted by Gasteiger charge is -2.08. The number of nitrogens with two attached hydrogens (primary N) is 1. The maximum atomic E-state index is 5.88. The average Bonchev–Trinajstić information content (AvgIpc) is 2.18. The van der Waals surface area contributed by atoms with Crippen LogP contribution in [-0.2, 0) is 0 Å². The summed E-state index contributed by atoms with van der Waals surface area (Å²) >= 11 is 11.6. The van der Waals surface area contributed by atoms with Gasteiger partial charge in [-0.3, -0.25) is 0 Å². The molecule has 0 spiro atoms. The van der Waals surface area contributed by atoms with Gasteiger partial charge >= 0.3 is 0 Å². The minimum atomic E-state index is 0.286. The van der Waals surface area contributed by atoms with E-state index in [-0.39, 0.29) is 5.02 Å². The van der Waals surface area contributed by atoms with Crippen LogP contribution in [0.4, 0.5) is 5.69 Å². The molecule has 1 rings (SSSR count). The smallest absolute Gasteiger partial charge is 0.234 e. The second-order valence-corrected chi connectivity index (χ2v) is 3.63. The molecule has 2 N–H and O–H groups in total. The van der Waals surface area contributed by atoms with Gasteiger partial charge in [-0.15, -0.1) is 0 Å². The number of halogens is 2. The lowest BCUT2D eigenvalue weighted by Crippen LogP contribution is -2.01. The average molecular weight is 235 g/mol. The van der Waals surface area contributed by atoms with Crippen LogP contribution in [0.2, 0.25) is 10.0 Å². The Hall–Kier alpha value is -0.670. The Bertz CT molecular complexity index is 318. The number of anilines is 1. The molecule has 3 nitrogen and oxygen atoms in total. The molecule has 5 heteroatoms. The Kier molecular flexibility index (Phi) is 4.29. The standard InChI is InChI=1S/C9H12Cl2N2O/c1-2-3-4-14-9-7(11)8(12)6(10)5-13-9/h5H,2-4H2,1H3,(H2,12,13). The number of unbranched alkanes of at least 4 members (excludes halogenated alkanes) is 1. The molecule has 0 atom stereocenters. The lowest BCUT2D eigenvalue weighted by atomic mass is 10.3. The number of nitrogen functional groups attached to an aromatic ring is 1. The van der Waals surface area contributed by atoms with Gasteiger partial charge in [0.25, 0.3) is 0 Å². The van der Waals surface area contributed by atoms with Crippen molar-refractivity contribution in [1.29, 1.82) is 0 Å². The number of pyridine rings is 1. The molecule has 0 fully saturated rings. The topological polar surface area (TPSA) is 48.1 Å². The number of aromatic nitrogens is 1. The first kappa shape index (κ1) is 11.4. The summed E-state index contributed by atoms with van der Waals surface area (Å²) < 4.78 is 5.33. The predicted octanol–water partition coefficient (Wildman–Crippen LogP) is 3.15. The summed E-state index contributed by atoms with van der Waals surface area (Å²) in [5.41, 5.74) is 5.92. The Labute approximate surface area is 93.2 Å². The molecule has 0 aliphatic carbocycles. The summed E-state index contributed by atoms with van der Waals surface area (Å²) in [6.07, 6.45) is 3.45. The molecule has 14 heavy (non-hydrogen) atoms. The summed E-state index contributed by atoms with van der Waals surface area (Å²) in [5, 5.41) is 0.631. The molecule has 78 valence electrons. The Balaban J connectivity index is 2.73. The predicted molar refractivity (Wildman–Crippen MR) is 59.1 cm³/mol. The zero-order valence-electron chi connectivity index (χ0n) is 7.89. The molecule has 1 heterocycles. The molecular weight excluding hydrogens is 223 g/mol. The first-order valence-corrected chi connectivity index (χ1v) is 5.14. The van der Waals surface area contributed by atoms with Crippen molar-refractivity contribution in [2.75, 3.05) is 12.3 Å². The van der Waals surface area contributed by atoms with Gasteiger partial charge in [0.05, 0.1) is 23.5 Å². The fourth-order valence-corrected chi connectivity index (χ4v) is 1.27. The highest BCUT2D eigenvalue weighted by molar-refractivity contribution is 6.39. The maximum absolute atomic E-state index is 5.88. The molecule has 1 aromatic rings. The Morgan fingerprint density at radius 1 is 1.50 bits per heavy atom. The van der Waals surface area contributed by atoms with Crippen molar-refractivity contribution < 1.29 is 4.74 Å². The third kappa shape index (κ3) is 2.66. The second-order valence-electron chi connectivity index (χ2n) is 2.84. The zero-order chi connectivity index (χ0) is 10.6. The van der Waals surface area contributed by atoms with Crippen LogP contribution in [0.15, 0.2) is 6.20 Å². The summed E-state index contributed by atoms with van der Waals surface area (Å²) in [6.45, 7) is 2.67. The zero-order valence-corrected chi connectivity index (χ0v) is 9.40. The van der Waals surface area contributed by atoms with Crippen LogP contribution in [0.25, 0.3) is 0 Å². The van der Waals surface area contributed by atoms with Crippen molar-refractivity contribution in [2.24, 2.45) is 0 Å². The highest BCUT2D eigenvalue weighted by Gasteiger charge is 2.09. The maximum Gasteiger partial charge on any atom is 0.234 e. The first-order valence-electron chi connectivity index (χ1n) is 4.39. The molecule has 1 aromatic heterocycles. The van der Waals surface area contributed by atoms with E-state index in [0.717, 1.165) is 12.8 Å². The van der Waals surface area contributed by atoms with Gasteiger partial charge in [-0.2, -0.15) is 0 Å². The van der Waals surface area contributed by atoms with Gasteiger partial charge in [0.1, 0.15) is 5.02 Å². The fourth-order valence-electron chi connectivity index (χ4n) is 0.875. The third-order valence-corrected chi connectivity index (χ3v) is 2.38. The molecule has 0 bridgehead atoms. The largest absolute Gasteiger partial charge is 0.477 e. The molecule has 0 aromatic carbocycles. The minimum Gasteiger partial charge on any atom is -0.477 e. The van der Waals surface area contributed by atoms with E-state index in [1.165, 1.54) is 6.20 Å². The van der Waals surface area contributed by atoms with Crippen LogP contribution < -0.4 is 10.5 Å². The summed E-state index contributed by atoms with van der Waals surface area (Å²) in [5.74, 6) is 0.349. The number of hydrogen-bond donors (Lipinski definition) is 1. The van der Waals surface area contributed by atoms with Crippen LogP contribution in [0.3, 0.4) is 0 Å². The molecule has 0 amide bonds. The van der Waals surface area contributed by atoms with E-state index >= 15 is 0 Å². The van der Waals surface area contributed by atoms with E-state index < -0.39 is 0 Å². The fraction of sp³-hybridized carbons (Fsp3) is 0.444. The highest BCUT2D eigenvalue weighted by atomic mass is 35.5. The van der Waals surface area contributed by atoms with Crippen molar-refractivity contribution in [1.82, 2.24) is 4.98 Å². The lowest BCUT2D eigenvalue weighted by molar-refractivity contribution is 0.298. The van der Waals surface area contributed by atoms with Gasteiger partial charge in [0.15, 0.2) is 0 Å². The van der Waals surface area contributed by atoms with Gasteiger partial charge in [0, 0.05) is 0 Å². The van der Waals surface area contributed by atoms with E-state index in [4.69, 9.17) is 33.7 Å². The molecule has 0 saturated carbocycles. The van der Waals surface area contributed by atoms with E-state index in [1.807, 2.05) is 0 Å². The summed E-state index contributed by atoms with van der Waals surface area (Å²) in [7, 11) is 0. The number of nitrogens with zero attached hydrogens (tertiary/aromatic N) is 1. The molecule has 0 aliphatic heterocycles. The SMILES string of the molecule is CCCCOc1ncc(Cl)c(N)c1Cl. The van der Waals surface area contributed by atoms with Crippen LogP contribution in [0.1, 0.15) is 19.8 Å². The van der Waals surface area contributed by atoms with Crippen molar-refractivity contribution in [3.63, 3.8) is 0 Å². The van der Waals surface area contributed by atoms with Gasteiger partial charge in [0.2, 0.25) is 5.88 Å². The highest BCUT2D eigenvalue weighted by Crippen LogP contribution is 2.33. The van der Waals surface area contributed by atoms with Crippen LogP contribution in [-0.4, -0.2) is 11.6 Å². The second kappa shape index (κ2) is 5.27. The van der Waals surface area contributed by atoms with E-state index in [9.17, 15) is 0 Å². The minimum absolute atomic E-state index is 0.286. The van der Waals surface area contributed by atoms with Gasteiger partial charge < -0.3 is 10.5 Å². The van der Waals surface area contributed by atoms with Gasteiger partial charge in [-0.05, 0) is 6.42 Å².